The summed E-state index contributed by atoms with van der Waals surface area (Å²) < 4.78 is 0. The third-order valence-electron chi connectivity index (χ3n) is 3.06. The fourth-order valence-corrected chi connectivity index (χ4v) is 2.50. The van der Waals surface area contributed by atoms with Crippen molar-refractivity contribution in [3.05, 3.63) is 5.82 Å². The molecule has 102 valence electrons. The Morgan fingerprint density at radius 2 is 1.83 bits per heavy atom. The molecule has 1 fully saturated rings. The zero-order chi connectivity index (χ0) is 13.3. The lowest BCUT2D eigenvalue weighted by molar-refractivity contribution is 0.399. The van der Waals surface area contributed by atoms with Crippen LogP contribution in [0.1, 0.15) is 40.4 Å². The maximum atomic E-state index is 4.62. The number of rotatable bonds is 2. The van der Waals surface area contributed by atoms with E-state index in [1.807, 2.05) is 0 Å². The van der Waals surface area contributed by atoms with Crippen LogP contribution in [0.4, 0.5) is 5.95 Å². The van der Waals surface area contributed by atoms with Gasteiger partial charge in [-0.2, -0.15) is 4.98 Å². The molecule has 0 spiro atoms. The van der Waals surface area contributed by atoms with E-state index in [-0.39, 0.29) is 5.41 Å². The topological polar surface area (TPSA) is 56.8 Å². The van der Waals surface area contributed by atoms with Gasteiger partial charge in [0.2, 0.25) is 5.95 Å². The number of nitrogens with zero attached hydrogens (tertiary/aromatic N) is 3. The molecule has 5 nitrogen and oxygen atoms in total. The molecule has 1 aromatic heterocycles. The van der Waals surface area contributed by atoms with E-state index in [0.29, 0.717) is 12.1 Å². The largest absolute Gasteiger partial charge is 0.336 e. The zero-order valence-corrected chi connectivity index (χ0v) is 12.1. The summed E-state index contributed by atoms with van der Waals surface area (Å²) >= 11 is 0. The van der Waals surface area contributed by atoms with Crippen LogP contribution in [0.15, 0.2) is 0 Å². The monoisotopic (exact) mass is 251 g/mol. The summed E-state index contributed by atoms with van der Waals surface area (Å²) in [6, 6.07) is 0.969. The molecule has 0 saturated carbocycles. The van der Waals surface area contributed by atoms with E-state index in [2.05, 4.69) is 60.0 Å². The van der Waals surface area contributed by atoms with Crippen LogP contribution in [-0.4, -0.2) is 40.4 Å². The van der Waals surface area contributed by atoms with Gasteiger partial charge in [0.05, 0.1) is 0 Å². The molecule has 5 heteroatoms. The standard InChI is InChI=1S/C13H25N5/c1-9-7-18(8-10(2)14-9)12-15-11(16-17-12)6-13(3,4)5/h9-10,14H,6-8H2,1-5H3,(H,15,16,17). The number of piperazine rings is 1. The van der Waals surface area contributed by atoms with E-state index >= 15 is 0 Å². The summed E-state index contributed by atoms with van der Waals surface area (Å²) in [5.74, 6) is 1.82. The van der Waals surface area contributed by atoms with E-state index < -0.39 is 0 Å². The molecule has 0 bridgehead atoms. The third kappa shape index (κ3) is 3.45. The summed E-state index contributed by atoms with van der Waals surface area (Å²) in [5.41, 5.74) is 0.237. The van der Waals surface area contributed by atoms with E-state index in [4.69, 9.17) is 0 Å². The van der Waals surface area contributed by atoms with Crippen LogP contribution in [0.3, 0.4) is 0 Å². The highest BCUT2D eigenvalue weighted by atomic mass is 15.4. The predicted molar refractivity (Wildman–Crippen MR) is 73.8 cm³/mol. The fraction of sp³-hybridized carbons (Fsp3) is 0.846. The van der Waals surface area contributed by atoms with Crippen molar-refractivity contribution >= 4 is 5.95 Å². The molecule has 2 heterocycles. The Bertz CT molecular complexity index is 382. The molecule has 1 aliphatic heterocycles. The molecule has 0 aromatic carbocycles. The first-order valence-electron chi connectivity index (χ1n) is 6.76. The molecule has 0 amide bonds. The Hall–Kier alpha value is -1.10. The van der Waals surface area contributed by atoms with Crippen LogP contribution < -0.4 is 10.2 Å². The van der Waals surface area contributed by atoms with Gasteiger partial charge >= 0.3 is 0 Å². The number of H-pyrrole nitrogens is 1. The second-order valence-corrected chi connectivity index (χ2v) is 6.69. The fourth-order valence-electron chi connectivity index (χ4n) is 2.50. The van der Waals surface area contributed by atoms with E-state index in [1.54, 1.807) is 0 Å². The molecule has 2 unspecified atom stereocenters. The highest BCUT2D eigenvalue weighted by molar-refractivity contribution is 5.30. The van der Waals surface area contributed by atoms with Crippen LogP contribution in [0, 0.1) is 5.41 Å². The average molecular weight is 251 g/mol. The van der Waals surface area contributed by atoms with Gasteiger partial charge in [-0.15, -0.1) is 5.10 Å². The van der Waals surface area contributed by atoms with Crippen molar-refractivity contribution in [1.82, 2.24) is 20.5 Å². The molecule has 2 atom stereocenters. The van der Waals surface area contributed by atoms with Crippen molar-refractivity contribution in [3.63, 3.8) is 0 Å². The number of aromatic nitrogens is 3. The van der Waals surface area contributed by atoms with Gasteiger partial charge in [0, 0.05) is 31.6 Å². The normalized spacial score (nSPS) is 25.5. The molecule has 0 aliphatic carbocycles. The van der Waals surface area contributed by atoms with E-state index in [9.17, 15) is 0 Å². The zero-order valence-electron chi connectivity index (χ0n) is 12.1. The lowest BCUT2D eigenvalue weighted by Gasteiger charge is -2.35. The number of hydrogen-bond donors (Lipinski definition) is 2. The maximum absolute atomic E-state index is 4.62. The van der Waals surface area contributed by atoms with Crippen LogP contribution in [-0.2, 0) is 6.42 Å². The Kier molecular flexibility index (Phi) is 3.61. The third-order valence-corrected chi connectivity index (χ3v) is 3.06. The molecule has 18 heavy (non-hydrogen) atoms. The van der Waals surface area contributed by atoms with Crippen molar-refractivity contribution in [2.75, 3.05) is 18.0 Å². The Balaban J connectivity index is 2.05. The number of aromatic amines is 1. The lowest BCUT2D eigenvalue weighted by atomic mass is 9.92. The average Bonchev–Trinajstić information content (AvgIpc) is 2.61. The van der Waals surface area contributed by atoms with Crippen LogP contribution in [0.25, 0.3) is 0 Å². The SMILES string of the molecule is CC1CN(c2n[nH]c(CC(C)(C)C)n2)CC(C)N1. The molecule has 2 rings (SSSR count). The first-order valence-corrected chi connectivity index (χ1v) is 6.76. The quantitative estimate of drug-likeness (QED) is 0.838. The summed E-state index contributed by atoms with van der Waals surface area (Å²) in [6.07, 6.45) is 0.928. The van der Waals surface area contributed by atoms with Crippen LogP contribution >= 0.6 is 0 Å². The predicted octanol–water partition coefficient (Wildman–Crippen LogP) is 1.58. The summed E-state index contributed by atoms with van der Waals surface area (Å²) in [4.78, 5) is 6.88. The molecule has 1 aromatic rings. The highest BCUT2D eigenvalue weighted by Crippen LogP contribution is 2.20. The molecule has 2 N–H and O–H groups in total. The lowest BCUT2D eigenvalue weighted by Crippen LogP contribution is -2.54. The van der Waals surface area contributed by atoms with Gasteiger partial charge in [-0.25, -0.2) is 0 Å². The maximum Gasteiger partial charge on any atom is 0.244 e. The van der Waals surface area contributed by atoms with Crippen LogP contribution in [0.2, 0.25) is 0 Å². The first kappa shape index (κ1) is 13.3. The van der Waals surface area contributed by atoms with Gasteiger partial charge in [0.1, 0.15) is 5.82 Å². The van der Waals surface area contributed by atoms with Crippen LogP contribution in [0.5, 0.6) is 0 Å². The summed E-state index contributed by atoms with van der Waals surface area (Å²) in [7, 11) is 0. The van der Waals surface area contributed by atoms with Crippen molar-refractivity contribution in [2.24, 2.45) is 5.41 Å². The highest BCUT2D eigenvalue weighted by Gasteiger charge is 2.24. The Morgan fingerprint density at radius 1 is 1.22 bits per heavy atom. The molecular weight excluding hydrogens is 226 g/mol. The Labute approximate surface area is 109 Å². The molecule has 0 radical (unpaired) electrons. The number of nitrogens with one attached hydrogen (secondary N) is 2. The minimum atomic E-state index is 0.237. The number of anilines is 1. The van der Waals surface area contributed by atoms with Gasteiger partial charge in [-0.1, -0.05) is 20.8 Å². The van der Waals surface area contributed by atoms with Gasteiger partial charge < -0.3 is 10.2 Å². The van der Waals surface area contributed by atoms with Crippen molar-refractivity contribution in [1.29, 1.82) is 0 Å². The van der Waals surface area contributed by atoms with E-state index in [0.717, 1.165) is 31.3 Å². The number of hydrogen-bond acceptors (Lipinski definition) is 4. The molecular formula is C13H25N5. The minimum Gasteiger partial charge on any atom is -0.336 e. The van der Waals surface area contributed by atoms with Gasteiger partial charge in [-0.05, 0) is 19.3 Å². The van der Waals surface area contributed by atoms with Gasteiger partial charge in [-0.3, -0.25) is 5.10 Å². The van der Waals surface area contributed by atoms with E-state index in [1.165, 1.54) is 0 Å². The van der Waals surface area contributed by atoms with Crippen molar-refractivity contribution < 1.29 is 0 Å². The second kappa shape index (κ2) is 4.88. The van der Waals surface area contributed by atoms with Gasteiger partial charge in [0.25, 0.3) is 0 Å². The first-order chi connectivity index (χ1) is 8.33. The molecule has 1 saturated heterocycles. The summed E-state index contributed by atoms with van der Waals surface area (Å²) in [6.45, 7) is 13.0. The molecule has 1 aliphatic rings. The smallest absolute Gasteiger partial charge is 0.244 e. The summed E-state index contributed by atoms with van der Waals surface area (Å²) in [5, 5.41) is 10.9. The Morgan fingerprint density at radius 3 is 2.39 bits per heavy atom. The van der Waals surface area contributed by atoms with Crippen molar-refractivity contribution in [3.8, 4) is 0 Å². The minimum absolute atomic E-state index is 0.237. The van der Waals surface area contributed by atoms with Crippen molar-refractivity contribution in [2.45, 2.75) is 53.1 Å². The second-order valence-electron chi connectivity index (χ2n) is 6.69. The van der Waals surface area contributed by atoms with Gasteiger partial charge in [0.15, 0.2) is 0 Å².